The number of hydrogen-bond acceptors (Lipinski definition) is 7. The Morgan fingerprint density at radius 3 is 2.76 bits per heavy atom. The van der Waals surface area contributed by atoms with E-state index in [1.54, 1.807) is 34.9 Å². The number of carbonyl (C=O) groups excluding carboxylic acids is 2. The number of benzene rings is 2. The van der Waals surface area contributed by atoms with Crippen molar-refractivity contribution in [3.8, 4) is 11.1 Å². The van der Waals surface area contributed by atoms with Crippen LogP contribution in [0.2, 0.25) is 0 Å². The largest absolute Gasteiger partial charge is 0.462 e. The van der Waals surface area contributed by atoms with E-state index in [1.165, 1.54) is 23.1 Å². The van der Waals surface area contributed by atoms with Gasteiger partial charge in [-0.3, -0.25) is 14.2 Å². The normalized spacial score (nSPS) is 10.8. The Balaban J connectivity index is 1.50. The zero-order valence-corrected chi connectivity index (χ0v) is 22.1. The number of thiophene rings is 1. The number of ether oxygens (including phenoxy) is 1. The number of fused-ring (bicyclic) bond motifs is 1. The number of unbranched alkanes of at least 4 members (excludes halogenated alkanes) is 1. The number of anilines is 1. The van der Waals surface area contributed by atoms with Gasteiger partial charge in [-0.15, -0.1) is 17.9 Å². The first-order valence-corrected chi connectivity index (χ1v) is 13.8. The minimum absolute atomic E-state index is 0.0389. The molecule has 4 rings (SSSR count). The van der Waals surface area contributed by atoms with Gasteiger partial charge in [0.2, 0.25) is 5.91 Å². The summed E-state index contributed by atoms with van der Waals surface area (Å²) in [5.41, 5.74) is 2.50. The van der Waals surface area contributed by atoms with Gasteiger partial charge in [-0.2, -0.15) is 0 Å². The summed E-state index contributed by atoms with van der Waals surface area (Å²) in [6.45, 7) is 6.43. The number of rotatable bonds is 11. The zero-order chi connectivity index (χ0) is 26.2. The lowest BCUT2D eigenvalue weighted by Gasteiger charge is -2.11. The van der Waals surface area contributed by atoms with Crippen LogP contribution in [-0.2, 0) is 16.1 Å². The lowest BCUT2D eigenvalue weighted by atomic mass is 10.1. The molecule has 1 amide bonds. The number of hydrogen-bond donors (Lipinski definition) is 1. The van der Waals surface area contributed by atoms with Crippen LogP contribution in [0, 0.1) is 0 Å². The van der Waals surface area contributed by atoms with E-state index in [0.29, 0.717) is 33.2 Å². The minimum atomic E-state index is -0.421. The number of aromatic nitrogens is 2. The summed E-state index contributed by atoms with van der Waals surface area (Å²) in [6, 6.07) is 16.4. The summed E-state index contributed by atoms with van der Waals surface area (Å²) in [4.78, 5) is 43.7. The topological polar surface area (TPSA) is 90.3 Å². The highest BCUT2D eigenvalue weighted by atomic mass is 32.2. The highest BCUT2D eigenvalue weighted by Gasteiger charge is 2.18. The molecule has 190 valence electrons. The third-order valence-electron chi connectivity index (χ3n) is 5.50. The van der Waals surface area contributed by atoms with E-state index in [-0.39, 0.29) is 23.8 Å². The Labute approximate surface area is 223 Å². The zero-order valence-electron chi connectivity index (χ0n) is 20.4. The van der Waals surface area contributed by atoms with Gasteiger partial charge in [-0.1, -0.05) is 67.6 Å². The predicted octanol–water partition coefficient (Wildman–Crippen LogP) is 6.00. The smallest absolute Gasteiger partial charge is 0.338 e. The van der Waals surface area contributed by atoms with Gasteiger partial charge in [0.1, 0.15) is 4.83 Å². The molecule has 4 aromatic rings. The van der Waals surface area contributed by atoms with E-state index in [1.807, 2.05) is 42.6 Å². The average molecular weight is 534 g/mol. The molecule has 0 aliphatic rings. The van der Waals surface area contributed by atoms with Crippen LogP contribution in [-0.4, -0.2) is 33.8 Å². The van der Waals surface area contributed by atoms with Gasteiger partial charge in [-0.25, -0.2) is 9.78 Å². The van der Waals surface area contributed by atoms with Crippen molar-refractivity contribution in [2.45, 2.75) is 31.5 Å². The Bertz CT molecular complexity index is 1480. The molecule has 0 aliphatic heterocycles. The van der Waals surface area contributed by atoms with Gasteiger partial charge in [0.25, 0.3) is 5.56 Å². The van der Waals surface area contributed by atoms with Gasteiger partial charge in [0, 0.05) is 23.2 Å². The molecule has 7 nitrogen and oxygen atoms in total. The van der Waals surface area contributed by atoms with Crippen molar-refractivity contribution < 1.29 is 14.3 Å². The molecule has 0 spiro atoms. The minimum Gasteiger partial charge on any atom is -0.462 e. The van der Waals surface area contributed by atoms with Crippen LogP contribution in [0.1, 0.15) is 30.1 Å². The molecule has 37 heavy (non-hydrogen) atoms. The molecule has 2 heterocycles. The van der Waals surface area contributed by atoms with Crippen LogP contribution in [0.3, 0.4) is 0 Å². The lowest BCUT2D eigenvalue weighted by Crippen LogP contribution is -2.23. The second kappa shape index (κ2) is 12.5. The highest BCUT2D eigenvalue weighted by Crippen LogP contribution is 2.32. The van der Waals surface area contributed by atoms with E-state index >= 15 is 0 Å². The molecule has 2 aromatic heterocycles. The number of esters is 1. The van der Waals surface area contributed by atoms with Crippen molar-refractivity contribution in [3.05, 3.63) is 88.5 Å². The number of amides is 1. The Morgan fingerprint density at radius 2 is 2.00 bits per heavy atom. The molecule has 2 aromatic carbocycles. The van der Waals surface area contributed by atoms with Crippen LogP contribution < -0.4 is 10.9 Å². The number of allylic oxidation sites excluding steroid dienone is 1. The maximum absolute atomic E-state index is 13.4. The summed E-state index contributed by atoms with van der Waals surface area (Å²) in [6.07, 6.45) is 3.37. The Kier molecular flexibility index (Phi) is 8.92. The third-order valence-corrected chi connectivity index (χ3v) is 7.35. The second-order valence-corrected chi connectivity index (χ2v) is 10.0. The van der Waals surface area contributed by atoms with Crippen molar-refractivity contribution >= 4 is 50.9 Å². The van der Waals surface area contributed by atoms with E-state index < -0.39 is 5.97 Å². The van der Waals surface area contributed by atoms with E-state index in [4.69, 9.17) is 9.72 Å². The van der Waals surface area contributed by atoms with Gasteiger partial charge in [0.15, 0.2) is 5.16 Å². The molecule has 0 radical (unpaired) electrons. The van der Waals surface area contributed by atoms with Gasteiger partial charge in [0.05, 0.1) is 23.3 Å². The van der Waals surface area contributed by atoms with E-state index in [0.717, 1.165) is 24.0 Å². The van der Waals surface area contributed by atoms with Crippen molar-refractivity contribution in [1.29, 1.82) is 0 Å². The fraction of sp³-hybridized carbons (Fsp3) is 0.214. The third kappa shape index (κ3) is 6.36. The van der Waals surface area contributed by atoms with Crippen LogP contribution in [0.25, 0.3) is 21.3 Å². The summed E-state index contributed by atoms with van der Waals surface area (Å²) in [5.74, 6) is -0.662. The molecule has 0 saturated carbocycles. The van der Waals surface area contributed by atoms with Crippen LogP contribution >= 0.6 is 23.1 Å². The molecule has 0 aliphatic carbocycles. The molecular weight excluding hydrogens is 506 g/mol. The monoisotopic (exact) mass is 533 g/mol. The molecule has 0 saturated heterocycles. The fourth-order valence-corrected chi connectivity index (χ4v) is 5.48. The molecule has 0 fully saturated rings. The fourth-order valence-electron chi connectivity index (χ4n) is 3.68. The molecular formula is C28H27N3O4S2. The first-order valence-electron chi connectivity index (χ1n) is 11.9. The molecule has 9 heteroatoms. The number of nitrogens with one attached hydrogen (secondary N) is 1. The quantitative estimate of drug-likeness (QED) is 0.0836. The molecule has 0 unspecified atom stereocenters. The van der Waals surface area contributed by atoms with Crippen molar-refractivity contribution in [2.75, 3.05) is 17.7 Å². The highest BCUT2D eigenvalue weighted by molar-refractivity contribution is 7.99. The molecule has 1 N–H and O–H groups in total. The maximum atomic E-state index is 13.4. The number of nitrogens with zero attached hydrogens (tertiary/aromatic N) is 2. The number of carbonyl (C=O) groups is 2. The van der Waals surface area contributed by atoms with Crippen molar-refractivity contribution in [3.63, 3.8) is 0 Å². The Morgan fingerprint density at radius 1 is 1.19 bits per heavy atom. The van der Waals surface area contributed by atoms with Crippen molar-refractivity contribution in [1.82, 2.24) is 9.55 Å². The summed E-state index contributed by atoms with van der Waals surface area (Å²) < 4.78 is 6.78. The van der Waals surface area contributed by atoms with Crippen molar-refractivity contribution in [2.24, 2.45) is 0 Å². The Hall–Kier alpha value is -3.69. The SMILES string of the molecule is C=CCn1c(SCC(=O)Nc2cccc(C(=O)OCCCC)c2)nc2scc(-c3ccccc3)c2c1=O. The predicted molar refractivity (Wildman–Crippen MR) is 150 cm³/mol. The van der Waals surface area contributed by atoms with Crippen LogP contribution in [0.15, 0.2) is 82.6 Å². The second-order valence-electron chi connectivity index (χ2n) is 8.20. The molecule has 0 atom stereocenters. The molecule has 0 bridgehead atoms. The van der Waals surface area contributed by atoms with Gasteiger partial charge >= 0.3 is 5.97 Å². The summed E-state index contributed by atoms with van der Waals surface area (Å²) in [5, 5.41) is 5.75. The maximum Gasteiger partial charge on any atom is 0.338 e. The summed E-state index contributed by atoms with van der Waals surface area (Å²) >= 11 is 2.58. The first kappa shape index (κ1) is 26.4. The first-order chi connectivity index (χ1) is 18.0. The summed E-state index contributed by atoms with van der Waals surface area (Å²) in [7, 11) is 0. The van der Waals surface area contributed by atoms with E-state index in [9.17, 15) is 14.4 Å². The van der Waals surface area contributed by atoms with Crippen LogP contribution in [0.5, 0.6) is 0 Å². The van der Waals surface area contributed by atoms with Gasteiger partial charge < -0.3 is 10.1 Å². The van der Waals surface area contributed by atoms with Gasteiger partial charge in [-0.05, 0) is 30.2 Å². The average Bonchev–Trinajstić information content (AvgIpc) is 3.34. The lowest BCUT2D eigenvalue weighted by molar-refractivity contribution is -0.113. The van der Waals surface area contributed by atoms with Crippen LogP contribution in [0.4, 0.5) is 5.69 Å². The van der Waals surface area contributed by atoms with E-state index in [2.05, 4.69) is 11.9 Å². The standard InChI is InChI=1S/C28H27N3O4S2/c1-3-5-15-35-27(34)20-12-9-13-21(16-20)29-23(32)18-37-28-30-25-24(26(33)31(28)14-4-2)22(17-36-25)19-10-7-6-8-11-19/h4,6-13,16-17H,2-3,5,14-15,18H2,1H3,(H,29,32). The number of thioether (sulfide) groups is 1.